The summed E-state index contributed by atoms with van der Waals surface area (Å²) in [4.78, 5) is 23.8. The molecule has 0 aliphatic heterocycles. The van der Waals surface area contributed by atoms with Gasteiger partial charge >= 0.3 is 0 Å². The number of amides is 2. The minimum atomic E-state index is -0.0714. The van der Waals surface area contributed by atoms with E-state index in [-0.39, 0.29) is 17.7 Å². The van der Waals surface area contributed by atoms with Crippen molar-refractivity contribution in [1.29, 1.82) is 0 Å². The van der Waals surface area contributed by atoms with E-state index in [0.29, 0.717) is 22.5 Å². The molecular formula is C13H16N2O2S. The van der Waals surface area contributed by atoms with Crippen molar-refractivity contribution in [3.8, 4) is 0 Å². The number of thiophene rings is 1. The maximum atomic E-state index is 12.0. The topological polar surface area (TPSA) is 58.2 Å². The van der Waals surface area contributed by atoms with Crippen LogP contribution >= 0.6 is 11.3 Å². The molecule has 1 heterocycles. The molecule has 5 heteroatoms. The molecule has 0 aromatic carbocycles. The Labute approximate surface area is 110 Å². The minimum Gasteiger partial charge on any atom is -0.349 e. The van der Waals surface area contributed by atoms with Crippen LogP contribution in [0.5, 0.6) is 0 Å². The van der Waals surface area contributed by atoms with Gasteiger partial charge in [-0.3, -0.25) is 9.59 Å². The first kappa shape index (κ1) is 11.7. The first-order valence-electron chi connectivity index (χ1n) is 6.34. The number of anilines is 1. The van der Waals surface area contributed by atoms with Crippen molar-refractivity contribution in [3.63, 3.8) is 0 Å². The molecule has 96 valence electrons. The van der Waals surface area contributed by atoms with E-state index in [9.17, 15) is 9.59 Å². The molecule has 0 bridgehead atoms. The van der Waals surface area contributed by atoms with Crippen LogP contribution in [0.25, 0.3) is 0 Å². The molecular weight excluding hydrogens is 248 g/mol. The van der Waals surface area contributed by atoms with Gasteiger partial charge in [0.1, 0.15) is 5.00 Å². The summed E-state index contributed by atoms with van der Waals surface area (Å²) >= 11 is 1.41. The maximum Gasteiger partial charge on any atom is 0.254 e. The van der Waals surface area contributed by atoms with Crippen molar-refractivity contribution in [3.05, 3.63) is 17.0 Å². The molecule has 2 N–H and O–H groups in total. The second-order valence-corrected chi connectivity index (χ2v) is 6.14. The largest absolute Gasteiger partial charge is 0.349 e. The van der Waals surface area contributed by atoms with Gasteiger partial charge in [0, 0.05) is 12.0 Å². The fourth-order valence-corrected chi connectivity index (χ4v) is 2.76. The van der Waals surface area contributed by atoms with Crippen LogP contribution in [0, 0.1) is 11.8 Å². The molecule has 2 aliphatic carbocycles. The summed E-state index contributed by atoms with van der Waals surface area (Å²) in [6.45, 7) is 2.07. The number of hydrogen-bond donors (Lipinski definition) is 2. The van der Waals surface area contributed by atoms with Crippen LogP contribution in [0.4, 0.5) is 5.00 Å². The second kappa shape index (κ2) is 4.39. The summed E-state index contributed by atoms with van der Waals surface area (Å²) in [6.07, 6.45) is 3.09. The van der Waals surface area contributed by atoms with Crippen molar-refractivity contribution >= 4 is 28.2 Å². The van der Waals surface area contributed by atoms with E-state index in [0.717, 1.165) is 19.3 Å². The van der Waals surface area contributed by atoms with Gasteiger partial charge in [-0.1, -0.05) is 6.92 Å². The highest BCUT2D eigenvalue weighted by Crippen LogP contribution is 2.39. The standard InChI is InChI=1S/C13H16N2O2S/c1-7-6-10(7)12(17)15-13-9(4-5-18-13)11(16)14-8-2-3-8/h4-5,7-8,10H,2-3,6H2,1H3,(H,14,16)(H,15,17). The molecule has 1 aromatic heterocycles. The van der Waals surface area contributed by atoms with Gasteiger partial charge in [-0.2, -0.15) is 0 Å². The summed E-state index contributed by atoms with van der Waals surface area (Å²) in [6, 6.07) is 2.11. The number of carbonyl (C=O) groups is 2. The average Bonchev–Trinajstić information content (AvgIpc) is 3.22. The summed E-state index contributed by atoms with van der Waals surface area (Å²) < 4.78 is 0. The van der Waals surface area contributed by atoms with Crippen LogP contribution in [0.3, 0.4) is 0 Å². The van der Waals surface area contributed by atoms with E-state index in [4.69, 9.17) is 0 Å². The SMILES string of the molecule is CC1CC1C(=O)Nc1sccc1C(=O)NC1CC1. The molecule has 2 saturated carbocycles. The van der Waals surface area contributed by atoms with Gasteiger partial charge in [0.05, 0.1) is 5.56 Å². The Kier molecular flexibility index (Phi) is 2.86. The summed E-state index contributed by atoms with van der Waals surface area (Å²) in [7, 11) is 0. The fraction of sp³-hybridized carbons (Fsp3) is 0.538. The molecule has 2 amide bonds. The molecule has 18 heavy (non-hydrogen) atoms. The Bertz CT molecular complexity index is 493. The van der Waals surface area contributed by atoms with E-state index >= 15 is 0 Å². The van der Waals surface area contributed by atoms with Crippen LogP contribution in [0.15, 0.2) is 11.4 Å². The lowest BCUT2D eigenvalue weighted by atomic mass is 10.2. The number of nitrogens with one attached hydrogen (secondary N) is 2. The average molecular weight is 264 g/mol. The van der Waals surface area contributed by atoms with Gasteiger partial charge in [0.15, 0.2) is 0 Å². The summed E-state index contributed by atoms with van der Waals surface area (Å²) in [5.74, 6) is 0.587. The first-order valence-corrected chi connectivity index (χ1v) is 7.22. The Balaban J connectivity index is 1.66. The smallest absolute Gasteiger partial charge is 0.254 e. The van der Waals surface area contributed by atoms with Gasteiger partial charge in [0.25, 0.3) is 5.91 Å². The van der Waals surface area contributed by atoms with E-state index in [1.54, 1.807) is 6.07 Å². The molecule has 2 unspecified atom stereocenters. The van der Waals surface area contributed by atoms with Gasteiger partial charge < -0.3 is 10.6 Å². The van der Waals surface area contributed by atoms with Crippen molar-refractivity contribution in [2.75, 3.05) is 5.32 Å². The predicted octanol–water partition coefficient (Wildman–Crippen LogP) is 2.23. The van der Waals surface area contributed by atoms with Crippen molar-refractivity contribution in [2.24, 2.45) is 11.8 Å². The van der Waals surface area contributed by atoms with Crippen molar-refractivity contribution in [1.82, 2.24) is 5.32 Å². The lowest BCUT2D eigenvalue weighted by Crippen LogP contribution is -2.26. The second-order valence-electron chi connectivity index (χ2n) is 5.22. The van der Waals surface area contributed by atoms with Gasteiger partial charge in [-0.25, -0.2) is 0 Å². The molecule has 0 spiro atoms. The molecule has 1 aromatic rings. The van der Waals surface area contributed by atoms with E-state index in [1.807, 2.05) is 5.38 Å². The zero-order chi connectivity index (χ0) is 12.7. The lowest BCUT2D eigenvalue weighted by Gasteiger charge is -2.06. The van der Waals surface area contributed by atoms with Gasteiger partial charge in [-0.05, 0) is 36.6 Å². The summed E-state index contributed by atoms with van der Waals surface area (Å²) in [5.41, 5.74) is 0.591. The van der Waals surface area contributed by atoms with E-state index in [2.05, 4.69) is 17.6 Å². The highest BCUT2D eigenvalue weighted by molar-refractivity contribution is 7.14. The predicted molar refractivity (Wildman–Crippen MR) is 70.7 cm³/mol. The number of rotatable bonds is 4. The molecule has 4 nitrogen and oxygen atoms in total. The third-order valence-corrected chi connectivity index (χ3v) is 4.34. The first-order chi connectivity index (χ1) is 8.65. The third-order valence-electron chi connectivity index (χ3n) is 3.51. The minimum absolute atomic E-state index is 0.0467. The van der Waals surface area contributed by atoms with Crippen LogP contribution in [-0.2, 0) is 4.79 Å². The fourth-order valence-electron chi connectivity index (χ4n) is 1.97. The Hall–Kier alpha value is -1.36. The molecule has 2 atom stereocenters. The third kappa shape index (κ3) is 2.41. The van der Waals surface area contributed by atoms with Crippen LogP contribution in [-0.4, -0.2) is 17.9 Å². The number of hydrogen-bond acceptors (Lipinski definition) is 3. The molecule has 0 saturated heterocycles. The monoisotopic (exact) mass is 264 g/mol. The highest BCUT2D eigenvalue weighted by Gasteiger charge is 2.39. The molecule has 2 aliphatic rings. The van der Waals surface area contributed by atoms with E-state index < -0.39 is 0 Å². The normalized spacial score (nSPS) is 25.6. The molecule has 3 rings (SSSR count). The zero-order valence-corrected chi connectivity index (χ0v) is 11.0. The summed E-state index contributed by atoms with van der Waals surface area (Å²) in [5, 5.41) is 8.34. The van der Waals surface area contributed by atoms with E-state index in [1.165, 1.54) is 11.3 Å². The molecule has 0 radical (unpaired) electrons. The number of carbonyl (C=O) groups excluding carboxylic acids is 2. The van der Waals surface area contributed by atoms with Crippen molar-refractivity contribution in [2.45, 2.75) is 32.2 Å². The lowest BCUT2D eigenvalue weighted by molar-refractivity contribution is -0.117. The Morgan fingerprint density at radius 3 is 2.72 bits per heavy atom. The van der Waals surface area contributed by atoms with Crippen molar-refractivity contribution < 1.29 is 9.59 Å². The van der Waals surface area contributed by atoms with Crippen LogP contribution < -0.4 is 10.6 Å². The zero-order valence-electron chi connectivity index (χ0n) is 10.2. The van der Waals surface area contributed by atoms with Crippen LogP contribution in [0.2, 0.25) is 0 Å². The Morgan fingerprint density at radius 1 is 1.39 bits per heavy atom. The van der Waals surface area contributed by atoms with Gasteiger partial charge in [0.2, 0.25) is 5.91 Å². The maximum absolute atomic E-state index is 12.0. The van der Waals surface area contributed by atoms with Crippen LogP contribution in [0.1, 0.15) is 36.5 Å². The van der Waals surface area contributed by atoms with Gasteiger partial charge in [-0.15, -0.1) is 11.3 Å². The molecule has 2 fully saturated rings. The Morgan fingerprint density at radius 2 is 2.11 bits per heavy atom. The highest BCUT2D eigenvalue weighted by atomic mass is 32.1. The quantitative estimate of drug-likeness (QED) is 0.876.